The minimum Gasteiger partial charge on any atom is -0.462 e. The molecule has 2 heterocycles. The highest BCUT2D eigenvalue weighted by Gasteiger charge is 2.31. The molecule has 0 amide bonds. The molecule has 0 radical (unpaired) electrons. The van der Waals surface area contributed by atoms with Crippen LogP contribution in [0.5, 0.6) is 0 Å². The van der Waals surface area contributed by atoms with Gasteiger partial charge in [0.1, 0.15) is 11.2 Å². The summed E-state index contributed by atoms with van der Waals surface area (Å²) in [6.45, 7) is 2.60. The predicted octanol–water partition coefficient (Wildman–Crippen LogP) is 5.14. The van der Waals surface area contributed by atoms with Gasteiger partial charge in [0.05, 0.1) is 11.5 Å². The first-order chi connectivity index (χ1) is 16.1. The molecular weight excluding hydrogens is 494 g/mol. The zero-order valence-corrected chi connectivity index (χ0v) is 21.6. The van der Waals surface area contributed by atoms with Gasteiger partial charge in [-0.05, 0) is 48.4 Å². The number of carbonyl (C=O) groups excluding carboxylic acids is 1. The Kier molecular flexibility index (Phi) is 6.71. The van der Waals surface area contributed by atoms with E-state index in [-0.39, 0.29) is 11.5 Å². The Balaban J connectivity index is 1.85. The Bertz CT molecular complexity index is 1380. The lowest BCUT2D eigenvalue weighted by atomic mass is 9.94. The Morgan fingerprint density at radius 1 is 1.24 bits per heavy atom. The summed E-state index contributed by atoms with van der Waals surface area (Å²) in [5, 5.41) is 0.644. The number of esters is 1. The highest BCUT2D eigenvalue weighted by atomic mass is 35.5. The summed E-state index contributed by atoms with van der Waals surface area (Å²) < 4.78 is 34.1. The number of halogens is 1. The first kappa shape index (κ1) is 24.3. The first-order valence-corrected chi connectivity index (χ1v) is 13.2. The number of thiophene rings is 1. The zero-order valence-electron chi connectivity index (χ0n) is 19.2. The molecule has 1 aliphatic rings. The molecule has 0 spiro atoms. The fourth-order valence-corrected chi connectivity index (χ4v) is 6.17. The molecule has 0 saturated heterocycles. The molecule has 0 saturated carbocycles. The van der Waals surface area contributed by atoms with Crippen LogP contribution in [0.4, 0.5) is 5.69 Å². The van der Waals surface area contributed by atoms with Crippen molar-refractivity contribution in [3.63, 3.8) is 0 Å². The summed E-state index contributed by atoms with van der Waals surface area (Å²) in [5.74, 6) is -0.401. The summed E-state index contributed by atoms with van der Waals surface area (Å²) in [4.78, 5) is 18.1. The summed E-state index contributed by atoms with van der Waals surface area (Å²) in [5.41, 5.74) is 4.47. The van der Waals surface area contributed by atoms with Crippen LogP contribution in [0.3, 0.4) is 0 Å². The van der Waals surface area contributed by atoms with E-state index in [0.29, 0.717) is 16.4 Å². The van der Waals surface area contributed by atoms with E-state index in [4.69, 9.17) is 16.3 Å². The van der Waals surface area contributed by atoms with Crippen LogP contribution >= 0.6 is 22.9 Å². The fraction of sp³-hybridized carbons (Fsp3) is 0.250. The SMILES string of the molecule is CCOC(=O)c1sc2c(c1-c1ccc(S(=O)(=O)N=CN(C)C)cc1)CN(C)c1cc(Cl)ccc1-2. The van der Waals surface area contributed by atoms with Gasteiger partial charge in [-0.2, -0.15) is 8.42 Å². The van der Waals surface area contributed by atoms with Gasteiger partial charge in [0.2, 0.25) is 0 Å². The minimum atomic E-state index is -3.83. The van der Waals surface area contributed by atoms with E-state index < -0.39 is 16.0 Å². The van der Waals surface area contributed by atoms with Gasteiger partial charge in [-0.1, -0.05) is 23.7 Å². The van der Waals surface area contributed by atoms with Gasteiger partial charge in [0.25, 0.3) is 10.0 Å². The lowest BCUT2D eigenvalue weighted by Gasteiger charge is -2.28. The fourth-order valence-electron chi connectivity index (χ4n) is 3.83. The highest BCUT2D eigenvalue weighted by molar-refractivity contribution is 7.90. The summed E-state index contributed by atoms with van der Waals surface area (Å²) >= 11 is 7.61. The van der Waals surface area contributed by atoms with Crippen LogP contribution in [-0.4, -0.2) is 53.4 Å². The average Bonchev–Trinajstić information content (AvgIpc) is 3.17. The highest BCUT2D eigenvalue weighted by Crippen LogP contribution is 2.49. The standard InChI is InChI=1S/C24H24ClN3O4S2/c1-5-32-24(29)23-21(15-6-9-17(10-7-15)34(30,31)26-14-27(2)3)19-13-28(4)20-12-16(25)8-11-18(20)22(19)33-23/h6-12,14H,5,13H2,1-4H3. The van der Waals surface area contributed by atoms with Gasteiger partial charge < -0.3 is 14.5 Å². The number of hydrogen-bond acceptors (Lipinski definition) is 6. The van der Waals surface area contributed by atoms with Crippen LogP contribution in [0, 0.1) is 0 Å². The molecular formula is C24H24ClN3O4S2. The van der Waals surface area contributed by atoms with Crippen molar-refractivity contribution in [1.29, 1.82) is 0 Å². The van der Waals surface area contributed by atoms with E-state index in [1.165, 1.54) is 29.8 Å². The van der Waals surface area contributed by atoms with Gasteiger partial charge in [0, 0.05) is 54.4 Å². The molecule has 2 aromatic carbocycles. The van der Waals surface area contributed by atoms with Crippen molar-refractivity contribution >= 4 is 51.0 Å². The Labute approximate surface area is 208 Å². The number of carbonyl (C=O) groups is 1. The van der Waals surface area contributed by atoms with Crippen LogP contribution in [0.2, 0.25) is 5.02 Å². The largest absolute Gasteiger partial charge is 0.462 e. The molecule has 1 aliphatic heterocycles. The molecule has 0 aliphatic carbocycles. The van der Waals surface area contributed by atoms with Crippen molar-refractivity contribution < 1.29 is 17.9 Å². The quantitative estimate of drug-likeness (QED) is 0.256. The maximum Gasteiger partial charge on any atom is 0.348 e. The maximum absolute atomic E-state index is 12.9. The summed E-state index contributed by atoms with van der Waals surface area (Å²) in [6.07, 6.45) is 1.25. The van der Waals surface area contributed by atoms with E-state index in [1.54, 1.807) is 38.1 Å². The van der Waals surface area contributed by atoms with Crippen molar-refractivity contribution in [1.82, 2.24) is 4.90 Å². The average molecular weight is 518 g/mol. The van der Waals surface area contributed by atoms with Crippen molar-refractivity contribution in [2.75, 3.05) is 32.6 Å². The van der Waals surface area contributed by atoms with Crippen molar-refractivity contribution in [2.45, 2.75) is 18.4 Å². The number of benzene rings is 2. The summed E-state index contributed by atoms with van der Waals surface area (Å²) in [6, 6.07) is 12.1. The van der Waals surface area contributed by atoms with Crippen molar-refractivity contribution in [3.8, 4) is 21.6 Å². The molecule has 4 rings (SSSR count). The Hall–Kier alpha value is -2.88. The normalized spacial score (nSPS) is 13.0. The number of anilines is 1. The van der Waals surface area contributed by atoms with Gasteiger partial charge in [-0.3, -0.25) is 0 Å². The van der Waals surface area contributed by atoms with Crippen LogP contribution < -0.4 is 4.90 Å². The van der Waals surface area contributed by atoms with E-state index in [9.17, 15) is 13.2 Å². The third-order valence-corrected chi connectivity index (χ3v) is 8.06. The smallest absolute Gasteiger partial charge is 0.348 e. The second kappa shape index (κ2) is 9.40. The van der Waals surface area contributed by atoms with E-state index in [0.717, 1.165) is 32.8 Å². The van der Waals surface area contributed by atoms with E-state index >= 15 is 0 Å². The lowest BCUT2D eigenvalue weighted by molar-refractivity contribution is 0.0533. The molecule has 10 heteroatoms. The predicted molar refractivity (Wildman–Crippen MR) is 138 cm³/mol. The van der Waals surface area contributed by atoms with Crippen molar-refractivity contribution in [3.05, 3.63) is 57.9 Å². The third-order valence-electron chi connectivity index (χ3n) is 5.34. The summed E-state index contributed by atoms with van der Waals surface area (Å²) in [7, 11) is 1.54. The Morgan fingerprint density at radius 3 is 2.59 bits per heavy atom. The van der Waals surface area contributed by atoms with E-state index in [1.807, 2.05) is 25.2 Å². The zero-order chi connectivity index (χ0) is 24.6. The Morgan fingerprint density at radius 2 is 1.94 bits per heavy atom. The number of fused-ring (bicyclic) bond motifs is 3. The minimum absolute atomic E-state index is 0.0771. The molecule has 0 fully saturated rings. The first-order valence-electron chi connectivity index (χ1n) is 10.5. The van der Waals surface area contributed by atoms with Crippen molar-refractivity contribution in [2.24, 2.45) is 4.40 Å². The van der Waals surface area contributed by atoms with Crippen LogP contribution in [0.25, 0.3) is 21.6 Å². The number of nitrogens with zero attached hydrogens (tertiary/aromatic N) is 3. The molecule has 34 heavy (non-hydrogen) atoms. The molecule has 0 atom stereocenters. The van der Waals surface area contributed by atoms with Gasteiger partial charge in [-0.15, -0.1) is 15.7 Å². The lowest BCUT2D eigenvalue weighted by Crippen LogP contribution is -2.21. The molecule has 7 nitrogen and oxygen atoms in total. The maximum atomic E-state index is 12.9. The molecule has 0 N–H and O–H groups in total. The molecule has 0 bridgehead atoms. The third kappa shape index (κ3) is 4.55. The number of sulfonamides is 1. The van der Waals surface area contributed by atoms with Gasteiger partial charge in [0.15, 0.2) is 0 Å². The number of rotatable bonds is 6. The molecule has 178 valence electrons. The van der Waals surface area contributed by atoms with Crippen LogP contribution in [0.15, 0.2) is 51.8 Å². The second-order valence-corrected chi connectivity index (χ2v) is 11.1. The van der Waals surface area contributed by atoms with E-state index in [2.05, 4.69) is 9.30 Å². The van der Waals surface area contributed by atoms with Crippen LogP contribution in [-0.2, 0) is 21.3 Å². The molecule has 1 aromatic heterocycles. The second-order valence-electron chi connectivity index (χ2n) is 8.04. The number of hydrogen-bond donors (Lipinski definition) is 0. The molecule has 0 unspecified atom stereocenters. The number of ether oxygens (including phenoxy) is 1. The van der Waals surface area contributed by atoms with Gasteiger partial charge in [-0.25, -0.2) is 4.79 Å². The topological polar surface area (TPSA) is 79.3 Å². The molecule has 3 aromatic rings. The van der Waals surface area contributed by atoms with Gasteiger partial charge >= 0.3 is 5.97 Å². The van der Waals surface area contributed by atoms with Crippen LogP contribution in [0.1, 0.15) is 22.2 Å². The monoisotopic (exact) mass is 517 g/mol.